The fourth-order valence-electron chi connectivity index (χ4n) is 1.58. The number of aliphatic hydroxyl groups is 1. The van der Waals surface area contributed by atoms with E-state index in [1.54, 1.807) is 0 Å². The summed E-state index contributed by atoms with van der Waals surface area (Å²) in [7, 11) is 1.49. The predicted octanol–water partition coefficient (Wildman–Crippen LogP) is 1.47. The molecule has 2 N–H and O–H groups in total. The molecule has 0 saturated heterocycles. The number of hydrogen-bond donors (Lipinski definition) is 2. The lowest BCUT2D eigenvalue weighted by Gasteiger charge is -2.36. The van der Waals surface area contributed by atoms with Gasteiger partial charge in [-0.3, -0.25) is 0 Å². The van der Waals surface area contributed by atoms with Crippen molar-refractivity contribution in [1.29, 1.82) is 0 Å². The normalized spacial score (nSPS) is 17.7. The van der Waals surface area contributed by atoms with Gasteiger partial charge in [0.05, 0.1) is 18.9 Å². The third kappa shape index (κ3) is 2.36. The summed E-state index contributed by atoms with van der Waals surface area (Å²) in [5.74, 6) is 0.494. The lowest BCUT2D eigenvalue weighted by atomic mass is 9.80. The van der Waals surface area contributed by atoms with Crippen molar-refractivity contribution in [3.05, 3.63) is 11.2 Å². The first-order chi connectivity index (χ1) is 7.63. The second-order valence-electron chi connectivity index (χ2n) is 3.98. The maximum absolute atomic E-state index is 9.91. The van der Waals surface area contributed by atoms with Crippen molar-refractivity contribution in [2.24, 2.45) is 0 Å². The zero-order valence-corrected chi connectivity index (χ0v) is 9.79. The van der Waals surface area contributed by atoms with Crippen LogP contribution in [0.1, 0.15) is 19.3 Å². The Balaban J connectivity index is 2.02. The van der Waals surface area contributed by atoms with Crippen molar-refractivity contribution < 1.29 is 9.84 Å². The smallest absolute Gasteiger partial charge is 0.318 e. The minimum Gasteiger partial charge on any atom is -0.467 e. The average molecular weight is 244 g/mol. The molecule has 0 atom stereocenters. The Morgan fingerprint density at radius 3 is 2.94 bits per heavy atom. The lowest BCUT2D eigenvalue weighted by molar-refractivity contribution is -0.0202. The highest BCUT2D eigenvalue weighted by atomic mass is 35.5. The first kappa shape index (κ1) is 11.4. The SMILES string of the molecule is COc1ncc(Cl)c(NCC2(O)CCC2)n1. The van der Waals surface area contributed by atoms with Crippen LogP contribution in [-0.4, -0.2) is 34.3 Å². The van der Waals surface area contributed by atoms with Gasteiger partial charge >= 0.3 is 6.01 Å². The standard InChI is InChI=1S/C10H14ClN3O2/c1-16-9-12-5-7(11)8(14-9)13-6-10(15)3-2-4-10/h5,15H,2-4,6H2,1H3,(H,12,13,14). The van der Waals surface area contributed by atoms with Crippen molar-refractivity contribution >= 4 is 17.4 Å². The van der Waals surface area contributed by atoms with Gasteiger partial charge in [-0.15, -0.1) is 0 Å². The summed E-state index contributed by atoms with van der Waals surface area (Å²) in [5.41, 5.74) is -0.610. The van der Waals surface area contributed by atoms with Gasteiger partial charge in [0.25, 0.3) is 0 Å². The first-order valence-electron chi connectivity index (χ1n) is 5.16. The van der Waals surface area contributed by atoms with Crippen LogP contribution in [0.25, 0.3) is 0 Å². The van der Waals surface area contributed by atoms with E-state index in [0.717, 1.165) is 19.3 Å². The van der Waals surface area contributed by atoms with Crippen molar-refractivity contribution in [2.75, 3.05) is 19.0 Å². The summed E-state index contributed by atoms with van der Waals surface area (Å²) in [6.07, 6.45) is 4.18. The second-order valence-corrected chi connectivity index (χ2v) is 4.39. The zero-order valence-electron chi connectivity index (χ0n) is 9.03. The minimum atomic E-state index is -0.610. The fourth-order valence-corrected chi connectivity index (χ4v) is 1.74. The average Bonchev–Trinajstić information content (AvgIpc) is 2.25. The van der Waals surface area contributed by atoms with Crippen molar-refractivity contribution in [3.63, 3.8) is 0 Å². The number of methoxy groups -OCH3 is 1. The third-order valence-electron chi connectivity index (χ3n) is 2.77. The number of nitrogens with zero attached hydrogens (tertiary/aromatic N) is 2. The number of aromatic nitrogens is 2. The van der Waals surface area contributed by atoms with Crippen LogP contribution in [0.15, 0.2) is 6.20 Å². The lowest BCUT2D eigenvalue weighted by Crippen LogP contribution is -2.43. The molecule has 1 fully saturated rings. The van der Waals surface area contributed by atoms with E-state index >= 15 is 0 Å². The van der Waals surface area contributed by atoms with E-state index in [2.05, 4.69) is 15.3 Å². The Morgan fingerprint density at radius 1 is 1.62 bits per heavy atom. The largest absolute Gasteiger partial charge is 0.467 e. The molecule has 1 saturated carbocycles. The van der Waals surface area contributed by atoms with Crippen LogP contribution in [0.3, 0.4) is 0 Å². The molecule has 1 aliphatic rings. The minimum absolute atomic E-state index is 0.257. The highest BCUT2D eigenvalue weighted by molar-refractivity contribution is 6.32. The Morgan fingerprint density at radius 2 is 2.38 bits per heavy atom. The van der Waals surface area contributed by atoms with Crippen molar-refractivity contribution in [3.8, 4) is 6.01 Å². The molecule has 0 radical (unpaired) electrons. The Hall–Kier alpha value is -1.07. The van der Waals surface area contributed by atoms with Crippen LogP contribution in [-0.2, 0) is 0 Å². The van der Waals surface area contributed by atoms with Gasteiger partial charge in [-0.1, -0.05) is 11.6 Å². The van der Waals surface area contributed by atoms with Crippen LogP contribution in [0.2, 0.25) is 5.02 Å². The quantitative estimate of drug-likeness (QED) is 0.838. The summed E-state index contributed by atoms with van der Waals surface area (Å²) in [6, 6.07) is 0.257. The molecule has 1 aromatic rings. The molecular formula is C10H14ClN3O2. The maximum Gasteiger partial charge on any atom is 0.318 e. The molecule has 6 heteroatoms. The molecule has 1 heterocycles. The number of rotatable bonds is 4. The molecular weight excluding hydrogens is 230 g/mol. The van der Waals surface area contributed by atoms with E-state index < -0.39 is 5.60 Å². The van der Waals surface area contributed by atoms with E-state index in [1.807, 2.05) is 0 Å². The molecule has 0 amide bonds. The van der Waals surface area contributed by atoms with Gasteiger partial charge in [-0.25, -0.2) is 4.98 Å². The van der Waals surface area contributed by atoms with E-state index in [1.165, 1.54) is 13.3 Å². The van der Waals surface area contributed by atoms with E-state index in [4.69, 9.17) is 16.3 Å². The van der Waals surface area contributed by atoms with Gasteiger partial charge in [0, 0.05) is 6.54 Å². The second kappa shape index (κ2) is 4.43. The topological polar surface area (TPSA) is 67.3 Å². The Labute approximate surface area is 98.8 Å². The van der Waals surface area contributed by atoms with Crippen molar-refractivity contribution in [2.45, 2.75) is 24.9 Å². The molecule has 0 unspecified atom stereocenters. The molecule has 0 bridgehead atoms. The van der Waals surface area contributed by atoms with Gasteiger partial charge in [0.15, 0.2) is 5.82 Å². The Bertz CT molecular complexity index is 382. The zero-order chi connectivity index (χ0) is 11.6. The fraction of sp³-hybridized carbons (Fsp3) is 0.600. The highest BCUT2D eigenvalue weighted by Gasteiger charge is 2.34. The molecule has 0 spiro atoms. The van der Waals surface area contributed by atoms with Gasteiger partial charge in [-0.2, -0.15) is 4.98 Å². The number of ether oxygens (including phenoxy) is 1. The number of hydrogen-bond acceptors (Lipinski definition) is 5. The molecule has 1 aliphatic carbocycles. The first-order valence-corrected chi connectivity index (χ1v) is 5.53. The molecule has 2 rings (SSSR count). The third-order valence-corrected chi connectivity index (χ3v) is 3.05. The van der Waals surface area contributed by atoms with Crippen LogP contribution in [0, 0.1) is 0 Å². The van der Waals surface area contributed by atoms with Crippen molar-refractivity contribution in [1.82, 2.24) is 9.97 Å². The molecule has 0 aromatic carbocycles. The summed E-state index contributed by atoms with van der Waals surface area (Å²) in [5, 5.41) is 13.3. The van der Waals surface area contributed by atoms with Crippen LogP contribution < -0.4 is 10.1 Å². The molecule has 0 aliphatic heterocycles. The van der Waals surface area contributed by atoms with E-state index in [9.17, 15) is 5.11 Å². The number of anilines is 1. The van der Waals surface area contributed by atoms with Gasteiger partial charge in [-0.05, 0) is 19.3 Å². The number of halogens is 1. The number of nitrogens with one attached hydrogen (secondary N) is 1. The maximum atomic E-state index is 9.91. The molecule has 5 nitrogen and oxygen atoms in total. The van der Waals surface area contributed by atoms with E-state index in [0.29, 0.717) is 17.4 Å². The monoisotopic (exact) mass is 243 g/mol. The summed E-state index contributed by atoms with van der Waals surface area (Å²) >= 11 is 5.92. The van der Waals surface area contributed by atoms with Crippen LogP contribution >= 0.6 is 11.6 Å². The Kier molecular flexibility index (Phi) is 3.16. The summed E-state index contributed by atoms with van der Waals surface area (Å²) in [6.45, 7) is 0.451. The van der Waals surface area contributed by atoms with Gasteiger partial charge < -0.3 is 15.2 Å². The van der Waals surface area contributed by atoms with Gasteiger partial charge in [0.2, 0.25) is 0 Å². The molecule has 1 aromatic heterocycles. The molecule has 88 valence electrons. The predicted molar refractivity (Wildman–Crippen MR) is 60.9 cm³/mol. The summed E-state index contributed by atoms with van der Waals surface area (Å²) in [4.78, 5) is 7.93. The van der Waals surface area contributed by atoms with Crippen LogP contribution in [0.4, 0.5) is 5.82 Å². The summed E-state index contributed by atoms with van der Waals surface area (Å²) < 4.78 is 4.90. The highest BCUT2D eigenvalue weighted by Crippen LogP contribution is 2.32. The van der Waals surface area contributed by atoms with E-state index in [-0.39, 0.29) is 6.01 Å². The van der Waals surface area contributed by atoms with Gasteiger partial charge in [0.1, 0.15) is 5.02 Å². The van der Waals surface area contributed by atoms with Crippen LogP contribution in [0.5, 0.6) is 6.01 Å². The molecule has 16 heavy (non-hydrogen) atoms.